The quantitative estimate of drug-likeness (QED) is 0.768. The molecule has 0 spiro atoms. The van der Waals surface area contributed by atoms with E-state index in [1.165, 1.54) is 0 Å². The van der Waals surface area contributed by atoms with E-state index in [0.717, 1.165) is 0 Å². The van der Waals surface area contributed by atoms with Gasteiger partial charge in [-0.15, -0.1) is 0 Å². The molecule has 4 atom stereocenters. The van der Waals surface area contributed by atoms with Gasteiger partial charge in [-0.25, -0.2) is 4.79 Å². The van der Waals surface area contributed by atoms with E-state index in [1.807, 2.05) is 6.07 Å². The highest BCUT2D eigenvalue weighted by molar-refractivity contribution is 5.89. The van der Waals surface area contributed by atoms with Gasteiger partial charge in [-0.1, -0.05) is 18.2 Å². The molecule has 5 nitrogen and oxygen atoms in total. The van der Waals surface area contributed by atoms with Crippen LogP contribution in [-0.4, -0.2) is 48.7 Å². The predicted octanol–water partition coefficient (Wildman–Crippen LogP) is 0.370. The van der Waals surface area contributed by atoms with E-state index in [9.17, 15) is 9.90 Å². The van der Waals surface area contributed by atoms with Gasteiger partial charge in [0.25, 0.3) is 0 Å². The Bertz CT molecular complexity index is 432. The summed E-state index contributed by atoms with van der Waals surface area (Å²) in [7, 11) is 0. The number of aliphatic hydroxyl groups is 1. The lowest BCUT2D eigenvalue weighted by Crippen LogP contribution is -2.49. The summed E-state index contributed by atoms with van der Waals surface area (Å²) in [6.45, 7) is 0.586. The highest BCUT2D eigenvalue weighted by atomic mass is 16.6. The minimum absolute atomic E-state index is 0.231. The minimum Gasteiger partial charge on any atom is -0.453 e. The normalized spacial score (nSPS) is 34.3. The number of carbonyl (C=O) groups excluding carboxylic acids is 1. The molecule has 0 aliphatic carbocycles. The Morgan fingerprint density at radius 2 is 2.00 bits per heavy atom. The van der Waals surface area contributed by atoms with Crippen molar-refractivity contribution < 1.29 is 24.1 Å². The Balaban J connectivity index is 1.72. The number of ether oxygens (including phenoxy) is 3. The predicted molar refractivity (Wildman–Crippen MR) is 61.1 cm³/mol. The number of rotatable bonds is 2. The summed E-state index contributed by atoms with van der Waals surface area (Å²) in [5.74, 6) is -0.418. The smallest absolute Gasteiger partial charge is 0.338 e. The summed E-state index contributed by atoms with van der Waals surface area (Å²) in [6, 6.07) is 8.75. The van der Waals surface area contributed by atoms with Gasteiger partial charge in [0.2, 0.25) is 0 Å². The molecule has 18 heavy (non-hydrogen) atoms. The molecular formula is C13H14O5. The highest BCUT2D eigenvalue weighted by Crippen LogP contribution is 2.28. The van der Waals surface area contributed by atoms with Crippen molar-refractivity contribution in [2.45, 2.75) is 24.4 Å². The second-order valence-corrected chi connectivity index (χ2v) is 4.47. The third kappa shape index (κ3) is 2.01. The maximum Gasteiger partial charge on any atom is 0.338 e. The van der Waals surface area contributed by atoms with Crippen molar-refractivity contribution in [2.75, 3.05) is 13.2 Å². The molecule has 1 N–H and O–H groups in total. The number of benzene rings is 1. The van der Waals surface area contributed by atoms with E-state index in [1.54, 1.807) is 24.3 Å². The molecule has 2 saturated heterocycles. The molecule has 2 aliphatic rings. The Kier molecular flexibility index (Phi) is 3.03. The number of aliphatic hydroxyl groups excluding tert-OH is 1. The van der Waals surface area contributed by atoms with Crippen LogP contribution in [0, 0.1) is 0 Å². The Morgan fingerprint density at radius 1 is 1.22 bits per heavy atom. The van der Waals surface area contributed by atoms with E-state index in [4.69, 9.17) is 14.2 Å². The molecule has 2 heterocycles. The van der Waals surface area contributed by atoms with Crippen LogP contribution in [0.15, 0.2) is 30.3 Å². The van der Waals surface area contributed by atoms with Crippen molar-refractivity contribution in [2.24, 2.45) is 0 Å². The Hall–Kier alpha value is -1.43. The molecule has 0 saturated carbocycles. The molecule has 2 aliphatic heterocycles. The summed E-state index contributed by atoms with van der Waals surface area (Å²) < 4.78 is 16.2. The average Bonchev–Trinajstić information content (AvgIpc) is 2.69. The highest BCUT2D eigenvalue weighted by Gasteiger charge is 2.48. The molecule has 2 fully saturated rings. The van der Waals surface area contributed by atoms with Crippen molar-refractivity contribution in [3.05, 3.63) is 35.9 Å². The van der Waals surface area contributed by atoms with Gasteiger partial charge < -0.3 is 19.3 Å². The monoisotopic (exact) mass is 250 g/mol. The zero-order chi connectivity index (χ0) is 12.5. The second kappa shape index (κ2) is 4.68. The zero-order valence-corrected chi connectivity index (χ0v) is 9.69. The number of fused-ring (bicyclic) bond motifs is 2. The van der Waals surface area contributed by atoms with E-state index in [-0.39, 0.29) is 12.7 Å². The molecular weight excluding hydrogens is 236 g/mol. The average molecular weight is 250 g/mol. The first kappa shape index (κ1) is 11.6. The third-order valence-corrected chi connectivity index (χ3v) is 3.26. The summed E-state index contributed by atoms with van der Waals surface area (Å²) in [5, 5.41) is 9.71. The lowest BCUT2D eigenvalue weighted by molar-refractivity contribution is -0.130. The van der Waals surface area contributed by atoms with Gasteiger partial charge in [0.05, 0.1) is 18.8 Å². The van der Waals surface area contributed by atoms with E-state index in [2.05, 4.69) is 0 Å². The van der Waals surface area contributed by atoms with Crippen molar-refractivity contribution in [3.8, 4) is 0 Å². The fourth-order valence-corrected chi connectivity index (χ4v) is 2.31. The first-order chi connectivity index (χ1) is 8.75. The van der Waals surface area contributed by atoms with Gasteiger partial charge in [-0.2, -0.15) is 0 Å². The van der Waals surface area contributed by atoms with Gasteiger partial charge in [0.15, 0.2) is 6.10 Å². The van der Waals surface area contributed by atoms with Crippen LogP contribution >= 0.6 is 0 Å². The van der Waals surface area contributed by atoms with Gasteiger partial charge >= 0.3 is 5.97 Å². The fraction of sp³-hybridized carbons (Fsp3) is 0.462. The number of hydrogen-bond acceptors (Lipinski definition) is 5. The number of esters is 1. The summed E-state index contributed by atoms with van der Waals surface area (Å²) in [6.07, 6.45) is -2.01. The standard InChI is InChI=1S/C13H14O5/c14-9-6-16-10-7-17-11(9)12(10)18-13(15)8-4-2-1-3-5-8/h1-5,9-12,14H,6-7H2. The zero-order valence-electron chi connectivity index (χ0n) is 9.69. The van der Waals surface area contributed by atoms with E-state index < -0.39 is 24.3 Å². The van der Waals surface area contributed by atoms with E-state index >= 15 is 0 Å². The first-order valence-corrected chi connectivity index (χ1v) is 5.93. The molecule has 4 unspecified atom stereocenters. The molecule has 5 heteroatoms. The van der Waals surface area contributed by atoms with Gasteiger partial charge in [-0.05, 0) is 12.1 Å². The SMILES string of the molecule is O=C(OC1C2COC1C(O)CO2)c1ccccc1. The van der Waals surface area contributed by atoms with Crippen molar-refractivity contribution >= 4 is 5.97 Å². The van der Waals surface area contributed by atoms with Gasteiger partial charge in [0, 0.05) is 0 Å². The van der Waals surface area contributed by atoms with Crippen LogP contribution in [0.1, 0.15) is 10.4 Å². The third-order valence-electron chi connectivity index (χ3n) is 3.26. The molecule has 2 bridgehead atoms. The summed E-state index contributed by atoms with van der Waals surface area (Å²) in [5.41, 5.74) is 0.483. The molecule has 0 radical (unpaired) electrons. The van der Waals surface area contributed by atoms with Crippen LogP contribution in [-0.2, 0) is 14.2 Å². The van der Waals surface area contributed by atoms with Gasteiger partial charge in [0.1, 0.15) is 18.3 Å². The summed E-state index contributed by atoms with van der Waals surface area (Å²) >= 11 is 0. The molecule has 1 aromatic rings. The van der Waals surface area contributed by atoms with Crippen LogP contribution in [0.25, 0.3) is 0 Å². The molecule has 0 aromatic heterocycles. The van der Waals surface area contributed by atoms with Crippen molar-refractivity contribution in [3.63, 3.8) is 0 Å². The van der Waals surface area contributed by atoms with E-state index in [0.29, 0.717) is 12.2 Å². The lowest BCUT2D eigenvalue weighted by Gasteiger charge is -2.31. The van der Waals surface area contributed by atoms with Gasteiger partial charge in [-0.3, -0.25) is 0 Å². The molecule has 0 amide bonds. The fourth-order valence-electron chi connectivity index (χ4n) is 2.31. The largest absolute Gasteiger partial charge is 0.453 e. The maximum atomic E-state index is 11.9. The molecule has 96 valence electrons. The number of carbonyl (C=O) groups is 1. The molecule has 3 rings (SSSR count). The number of hydrogen-bond donors (Lipinski definition) is 1. The topological polar surface area (TPSA) is 65.0 Å². The summed E-state index contributed by atoms with van der Waals surface area (Å²) in [4.78, 5) is 11.9. The Morgan fingerprint density at radius 3 is 2.78 bits per heavy atom. The maximum absolute atomic E-state index is 11.9. The molecule has 1 aromatic carbocycles. The van der Waals surface area contributed by atoms with Crippen LogP contribution in [0.4, 0.5) is 0 Å². The minimum atomic E-state index is -0.739. The first-order valence-electron chi connectivity index (χ1n) is 5.93. The van der Waals surface area contributed by atoms with Crippen LogP contribution in [0.3, 0.4) is 0 Å². The van der Waals surface area contributed by atoms with Crippen LogP contribution < -0.4 is 0 Å². The van der Waals surface area contributed by atoms with Crippen LogP contribution in [0.2, 0.25) is 0 Å². The Labute approximate surface area is 104 Å². The lowest BCUT2D eigenvalue weighted by atomic mass is 10.0. The second-order valence-electron chi connectivity index (χ2n) is 4.47. The van der Waals surface area contributed by atoms with Crippen molar-refractivity contribution in [1.82, 2.24) is 0 Å². The van der Waals surface area contributed by atoms with Crippen LogP contribution in [0.5, 0.6) is 0 Å². The van der Waals surface area contributed by atoms with Crippen molar-refractivity contribution in [1.29, 1.82) is 0 Å².